The van der Waals surface area contributed by atoms with Crippen molar-refractivity contribution >= 4 is 16.6 Å². The Kier molecular flexibility index (Phi) is 2.48. The highest BCUT2D eigenvalue weighted by Gasteiger charge is 2.66. The molecule has 0 radical (unpaired) electrons. The summed E-state index contributed by atoms with van der Waals surface area (Å²) in [5.41, 5.74) is -2.82. The van der Waals surface area contributed by atoms with Crippen LogP contribution in [-0.4, -0.2) is 20.8 Å². The average molecular weight is 318 g/mol. The van der Waals surface area contributed by atoms with E-state index in [0.717, 1.165) is 4.52 Å². The Morgan fingerprint density at radius 1 is 1.30 bits per heavy atom. The quantitative estimate of drug-likeness (QED) is 0.749. The second-order valence-corrected chi connectivity index (χ2v) is 5.65. The largest absolute Gasteiger partial charge is 0.399 e. The summed E-state index contributed by atoms with van der Waals surface area (Å²) in [6.45, 7) is 0. The number of alkyl halides is 3. The van der Waals surface area contributed by atoms with Crippen molar-refractivity contribution in [3.8, 4) is 6.07 Å². The highest BCUT2D eigenvalue weighted by molar-refractivity contribution is 5.80. The van der Waals surface area contributed by atoms with Gasteiger partial charge in [-0.1, -0.05) is 12.1 Å². The summed E-state index contributed by atoms with van der Waals surface area (Å²) in [5, 5.41) is 12.1. The Balaban J connectivity index is 2.13. The monoisotopic (exact) mass is 318 g/mol. The summed E-state index contributed by atoms with van der Waals surface area (Å²) in [6.07, 6.45) is -4.69. The third kappa shape index (κ3) is 1.67. The number of nitrogens with one attached hydrogen (secondary N) is 1. The zero-order valence-corrected chi connectivity index (χ0v) is 11.6. The summed E-state index contributed by atoms with van der Waals surface area (Å²) in [7, 11) is 0. The molecule has 0 spiro atoms. The van der Waals surface area contributed by atoms with Gasteiger partial charge in [-0.05, 0) is 25.0 Å². The Morgan fingerprint density at radius 3 is 2.61 bits per heavy atom. The summed E-state index contributed by atoms with van der Waals surface area (Å²) < 4.78 is 41.0. The molecule has 1 saturated carbocycles. The number of rotatable bonds is 1. The van der Waals surface area contributed by atoms with Crippen molar-refractivity contribution in [1.29, 1.82) is 5.26 Å². The van der Waals surface area contributed by atoms with Crippen molar-refractivity contribution in [3.05, 3.63) is 45.9 Å². The molecule has 5 nitrogen and oxygen atoms in total. The maximum absolute atomic E-state index is 13.4. The summed E-state index contributed by atoms with van der Waals surface area (Å²) in [6, 6.07) is 8.22. The molecule has 3 aromatic rings. The SMILES string of the molecule is N#Cc1c(C2(C(F)(F)F)CC2)[nH]n2c(=O)c3ccccc3nc12. The van der Waals surface area contributed by atoms with Crippen LogP contribution in [0, 0.1) is 11.3 Å². The number of halogens is 3. The lowest BCUT2D eigenvalue weighted by atomic mass is 9.98. The molecule has 116 valence electrons. The third-order valence-corrected chi connectivity index (χ3v) is 4.36. The minimum atomic E-state index is -4.48. The van der Waals surface area contributed by atoms with Gasteiger partial charge in [0.05, 0.1) is 16.6 Å². The Bertz CT molecular complexity index is 1050. The van der Waals surface area contributed by atoms with E-state index in [1.807, 2.05) is 0 Å². The fourth-order valence-electron chi connectivity index (χ4n) is 2.94. The Labute approximate surface area is 127 Å². The van der Waals surface area contributed by atoms with Crippen LogP contribution in [0.3, 0.4) is 0 Å². The number of aromatic amines is 1. The molecule has 23 heavy (non-hydrogen) atoms. The molecule has 4 rings (SSSR count). The molecule has 1 aliphatic carbocycles. The lowest BCUT2D eigenvalue weighted by Crippen LogP contribution is -2.30. The number of hydrogen-bond acceptors (Lipinski definition) is 3. The molecule has 0 atom stereocenters. The van der Waals surface area contributed by atoms with Crippen molar-refractivity contribution in [1.82, 2.24) is 14.6 Å². The van der Waals surface area contributed by atoms with E-state index in [9.17, 15) is 23.2 Å². The molecule has 1 fully saturated rings. The molecule has 0 saturated heterocycles. The second kappa shape index (κ2) is 4.13. The Morgan fingerprint density at radius 2 is 2.00 bits per heavy atom. The summed E-state index contributed by atoms with van der Waals surface area (Å²) in [4.78, 5) is 16.7. The zero-order chi connectivity index (χ0) is 16.4. The molecule has 1 aromatic carbocycles. The zero-order valence-electron chi connectivity index (χ0n) is 11.6. The van der Waals surface area contributed by atoms with Crippen molar-refractivity contribution in [3.63, 3.8) is 0 Å². The van der Waals surface area contributed by atoms with Crippen LogP contribution in [0.2, 0.25) is 0 Å². The van der Waals surface area contributed by atoms with Crippen molar-refractivity contribution in [2.45, 2.75) is 24.4 Å². The van der Waals surface area contributed by atoms with E-state index in [4.69, 9.17) is 0 Å². The predicted molar refractivity (Wildman–Crippen MR) is 75.0 cm³/mol. The lowest BCUT2D eigenvalue weighted by molar-refractivity contribution is -0.161. The number of nitriles is 1. The maximum atomic E-state index is 13.4. The minimum absolute atomic E-state index is 0.0678. The number of nitrogens with zero attached hydrogens (tertiary/aromatic N) is 3. The molecule has 1 aliphatic rings. The standard InChI is InChI=1S/C15H9F3N4O/c16-15(17,18)14(5-6-14)11-9(7-19)12-20-10-4-2-1-3-8(10)13(23)22(12)21-11/h1-4,21H,5-6H2. The predicted octanol–water partition coefficient (Wildman–Crippen LogP) is 2.64. The van der Waals surface area contributed by atoms with Crippen LogP contribution in [0.4, 0.5) is 13.2 Å². The summed E-state index contributed by atoms with van der Waals surface area (Å²) >= 11 is 0. The van der Waals surface area contributed by atoms with Crippen LogP contribution in [0.5, 0.6) is 0 Å². The Hall–Kier alpha value is -2.82. The fraction of sp³-hybridized carbons (Fsp3) is 0.267. The minimum Gasteiger partial charge on any atom is -0.291 e. The smallest absolute Gasteiger partial charge is 0.291 e. The molecule has 0 bridgehead atoms. The van der Waals surface area contributed by atoms with Crippen molar-refractivity contribution in [2.75, 3.05) is 0 Å². The van der Waals surface area contributed by atoms with Gasteiger partial charge >= 0.3 is 6.18 Å². The van der Waals surface area contributed by atoms with Crippen LogP contribution < -0.4 is 5.56 Å². The van der Waals surface area contributed by atoms with Gasteiger partial charge in [-0.15, -0.1) is 0 Å². The van der Waals surface area contributed by atoms with Gasteiger partial charge in [0, 0.05) is 0 Å². The molecule has 0 amide bonds. The number of hydrogen-bond donors (Lipinski definition) is 1. The molecule has 2 aromatic heterocycles. The highest BCUT2D eigenvalue weighted by atomic mass is 19.4. The van der Waals surface area contributed by atoms with Gasteiger partial charge in [-0.2, -0.15) is 22.9 Å². The molecular formula is C15H9F3N4O. The van der Waals surface area contributed by atoms with Gasteiger partial charge in [-0.25, -0.2) is 4.98 Å². The van der Waals surface area contributed by atoms with E-state index in [-0.39, 0.29) is 35.1 Å². The van der Waals surface area contributed by atoms with Crippen molar-refractivity contribution < 1.29 is 13.2 Å². The van der Waals surface area contributed by atoms with Gasteiger partial charge in [0.15, 0.2) is 5.65 Å². The van der Waals surface area contributed by atoms with Gasteiger partial charge in [0.25, 0.3) is 5.56 Å². The first-order valence-electron chi connectivity index (χ1n) is 6.90. The topological polar surface area (TPSA) is 73.9 Å². The summed E-state index contributed by atoms with van der Waals surface area (Å²) in [5.74, 6) is 0. The average Bonchev–Trinajstić information content (AvgIpc) is 3.24. The first kappa shape index (κ1) is 13.8. The molecule has 8 heteroatoms. The first-order valence-corrected chi connectivity index (χ1v) is 6.90. The lowest BCUT2D eigenvalue weighted by Gasteiger charge is -2.17. The van der Waals surface area contributed by atoms with E-state index in [0.29, 0.717) is 5.52 Å². The van der Waals surface area contributed by atoms with Crippen molar-refractivity contribution in [2.24, 2.45) is 0 Å². The van der Waals surface area contributed by atoms with E-state index in [1.54, 1.807) is 30.3 Å². The van der Waals surface area contributed by atoms with Crippen LogP contribution in [-0.2, 0) is 5.41 Å². The fourth-order valence-corrected chi connectivity index (χ4v) is 2.94. The molecule has 1 N–H and O–H groups in total. The van der Waals surface area contributed by atoms with Gasteiger partial charge in [0.1, 0.15) is 17.0 Å². The van der Waals surface area contributed by atoms with Crippen LogP contribution >= 0.6 is 0 Å². The number of aromatic nitrogens is 3. The first-order chi connectivity index (χ1) is 10.9. The van der Waals surface area contributed by atoms with Crippen LogP contribution in [0.25, 0.3) is 16.6 Å². The van der Waals surface area contributed by atoms with Gasteiger partial charge in [0.2, 0.25) is 0 Å². The maximum Gasteiger partial charge on any atom is 0.399 e. The molecule has 2 heterocycles. The number of fused-ring (bicyclic) bond motifs is 2. The van der Waals surface area contributed by atoms with E-state index >= 15 is 0 Å². The molecular weight excluding hydrogens is 309 g/mol. The van der Waals surface area contributed by atoms with Crippen LogP contribution in [0.1, 0.15) is 24.1 Å². The van der Waals surface area contributed by atoms with Crippen LogP contribution in [0.15, 0.2) is 29.1 Å². The van der Waals surface area contributed by atoms with E-state index < -0.39 is 17.2 Å². The third-order valence-electron chi connectivity index (χ3n) is 4.36. The number of para-hydroxylation sites is 1. The van der Waals surface area contributed by atoms with E-state index in [2.05, 4.69) is 10.1 Å². The second-order valence-electron chi connectivity index (χ2n) is 5.65. The highest BCUT2D eigenvalue weighted by Crippen LogP contribution is 2.59. The van der Waals surface area contributed by atoms with Gasteiger partial charge in [-0.3, -0.25) is 9.89 Å². The molecule has 0 unspecified atom stereocenters. The van der Waals surface area contributed by atoms with Gasteiger partial charge < -0.3 is 0 Å². The molecule has 0 aliphatic heterocycles. The number of benzene rings is 1. The normalized spacial score (nSPS) is 16.6. The number of H-pyrrole nitrogens is 1. The van der Waals surface area contributed by atoms with E-state index in [1.165, 1.54) is 0 Å².